The molecular weight excluding hydrogens is 445 g/mol. The van der Waals surface area contributed by atoms with Gasteiger partial charge < -0.3 is 25.0 Å². The Morgan fingerprint density at radius 3 is 2.74 bits per heavy atom. The van der Waals surface area contributed by atoms with Crippen molar-refractivity contribution in [2.24, 2.45) is 11.8 Å². The van der Waals surface area contributed by atoms with Gasteiger partial charge in [0.1, 0.15) is 5.82 Å². The lowest BCUT2D eigenvalue weighted by Gasteiger charge is -2.38. The molecule has 6 nitrogen and oxygen atoms in total. The lowest BCUT2D eigenvalue weighted by atomic mass is 9.85. The summed E-state index contributed by atoms with van der Waals surface area (Å²) in [6.07, 6.45) is 9.99. The van der Waals surface area contributed by atoms with E-state index in [1.54, 1.807) is 12.1 Å². The minimum Gasteiger partial charge on any atom is -0.382 e. The summed E-state index contributed by atoms with van der Waals surface area (Å²) >= 11 is 0. The standard InChI is InChI=1S/C28H46FN3O3/c1-3-34-16-9-17-35-27(23-12-7-14-25(29)19-23)24-13-8-15-32(21-24)28(33)31-26(20-30-2)18-22-10-5-4-6-11-22/h7,12,14,19,22,24,26-27,30H,3-6,8-11,13,15-18,20-21H2,1-2H3,(H,31,33)/t24-,26+,27+/m1/s1. The molecule has 1 heterocycles. The van der Waals surface area contributed by atoms with Crippen LogP contribution in [0.5, 0.6) is 0 Å². The van der Waals surface area contributed by atoms with Gasteiger partial charge in [-0.25, -0.2) is 9.18 Å². The second kappa shape index (κ2) is 15.4. The zero-order valence-corrected chi connectivity index (χ0v) is 21.8. The highest BCUT2D eigenvalue weighted by atomic mass is 19.1. The highest BCUT2D eigenvalue weighted by Crippen LogP contribution is 2.34. The van der Waals surface area contributed by atoms with E-state index in [-0.39, 0.29) is 29.9 Å². The third-order valence-corrected chi connectivity index (χ3v) is 7.41. The van der Waals surface area contributed by atoms with E-state index in [4.69, 9.17) is 9.47 Å². The number of benzene rings is 1. The first-order chi connectivity index (χ1) is 17.1. The zero-order chi connectivity index (χ0) is 24.9. The summed E-state index contributed by atoms with van der Waals surface area (Å²) < 4.78 is 25.8. The number of ether oxygens (including phenoxy) is 2. The lowest BCUT2D eigenvalue weighted by Crippen LogP contribution is -2.52. The first-order valence-electron chi connectivity index (χ1n) is 13.8. The van der Waals surface area contributed by atoms with Crippen molar-refractivity contribution in [1.82, 2.24) is 15.5 Å². The number of likely N-dealkylation sites (tertiary alicyclic amines) is 1. The van der Waals surface area contributed by atoms with Crippen LogP contribution in [0.1, 0.15) is 76.4 Å². The Morgan fingerprint density at radius 2 is 2.00 bits per heavy atom. The van der Waals surface area contributed by atoms with Gasteiger partial charge in [0.05, 0.1) is 6.10 Å². The van der Waals surface area contributed by atoms with Crippen LogP contribution in [0, 0.1) is 17.7 Å². The third kappa shape index (κ3) is 9.36. The minimum atomic E-state index is -0.256. The highest BCUT2D eigenvalue weighted by molar-refractivity contribution is 5.74. The van der Waals surface area contributed by atoms with E-state index in [9.17, 15) is 9.18 Å². The number of piperidine rings is 1. The van der Waals surface area contributed by atoms with Gasteiger partial charge in [0.2, 0.25) is 0 Å². The molecule has 35 heavy (non-hydrogen) atoms. The first kappa shape index (κ1) is 27.9. The molecule has 198 valence electrons. The van der Waals surface area contributed by atoms with Gasteiger partial charge in [0, 0.05) is 51.4 Å². The Kier molecular flexibility index (Phi) is 12.3. The Morgan fingerprint density at radius 1 is 1.17 bits per heavy atom. The largest absolute Gasteiger partial charge is 0.382 e. The van der Waals surface area contributed by atoms with Crippen LogP contribution in [0.3, 0.4) is 0 Å². The summed E-state index contributed by atoms with van der Waals surface area (Å²) in [5.41, 5.74) is 0.846. The number of urea groups is 1. The van der Waals surface area contributed by atoms with Gasteiger partial charge in [-0.2, -0.15) is 0 Å². The van der Waals surface area contributed by atoms with Gasteiger partial charge in [-0.05, 0) is 63.3 Å². The molecule has 2 amide bonds. The fourth-order valence-electron chi connectivity index (χ4n) is 5.68. The average Bonchev–Trinajstić information content (AvgIpc) is 2.87. The summed E-state index contributed by atoms with van der Waals surface area (Å²) in [5, 5.41) is 6.57. The maximum Gasteiger partial charge on any atom is 0.317 e. The SMILES string of the molecule is CCOCCCO[C@@H](c1cccc(F)c1)[C@@H]1CCCN(C(=O)N[C@H](CNC)CC2CCCCC2)C1. The number of amides is 2. The Labute approximate surface area is 211 Å². The molecule has 0 radical (unpaired) electrons. The molecule has 2 aliphatic rings. The van der Waals surface area contributed by atoms with Crippen molar-refractivity contribution in [3.63, 3.8) is 0 Å². The van der Waals surface area contributed by atoms with E-state index in [1.807, 2.05) is 24.9 Å². The monoisotopic (exact) mass is 491 g/mol. The summed E-state index contributed by atoms with van der Waals surface area (Å²) in [5.74, 6) is 0.580. The number of hydrogen-bond acceptors (Lipinski definition) is 4. The topological polar surface area (TPSA) is 62.8 Å². The Bertz CT molecular complexity index is 744. The number of hydrogen-bond donors (Lipinski definition) is 2. The number of nitrogens with one attached hydrogen (secondary N) is 2. The van der Waals surface area contributed by atoms with E-state index in [0.29, 0.717) is 32.3 Å². The molecule has 7 heteroatoms. The summed E-state index contributed by atoms with van der Waals surface area (Å²) in [6, 6.07) is 6.86. The molecule has 1 aliphatic carbocycles. The van der Waals surface area contributed by atoms with Gasteiger partial charge in [-0.15, -0.1) is 0 Å². The molecule has 2 fully saturated rings. The van der Waals surface area contributed by atoms with Crippen LogP contribution in [-0.4, -0.2) is 63.5 Å². The summed E-state index contributed by atoms with van der Waals surface area (Å²) in [7, 11) is 1.95. The Hall–Kier alpha value is -1.70. The molecule has 2 N–H and O–H groups in total. The molecule has 0 spiro atoms. The van der Waals surface area contributed by atoms with Crippen LogP contribution in [0.15, 0.2) is 24.3 Å². The van der Waals surface area contributed by atoms with E-state index in [1.165, 1.54) is 38.2 Å². The van der Waals surface area contributed by atoms with Gasteiger partial charge in [0.25, 0.3) is 0 Å². The molecule has 1 aromatic carbocycles. The molecule has 1 aromatic rings. The van der Waals surface area contributed by atoms with Crippen LogP contribution in [0.25, 0.3) is 0 Å². The van der Waals surface area contributed by atoms with Crippen molar-refractivity contribution >= 4 is 6.03 Å². The van der Waals surface area contributed by atoms with Crippen LogP contribution in [0.4, 0.5) is 9.18 Å². The van der Waals surface area contributed by atoms with Crippen molar-refractivity contribution in [3.05, 3.63) is 35.6 Å². The molecule has 3 atom stereocenters. The quantitative estimate of drug-likeness (QED) is 0.368. The summed E-state index contributed by atoms with van der Waals surface area (Å²) in [4.78, 5) is 15.2. The van der Waals surface area contributed by atoms with Crippen molar-refractivity contribution in [1.29, 1.82) is 0 Å². The first-order valence-corrected chi connectivity index (χ1v) is 13.8. The van der Waals surface area contributed by atoms with Crippen molar-refractivity contribution in [2.75, 3.05) is 46.5 Å². The molecule has 0 unspecified atom stereocenters. The third-order valence-electron chi connectivity index (χ3n) is 7.41. The fourth-order valence-corrected chi connectivity index (χ4v) is 5.68. The molecule has 3 rings (SSSR count). The fraction of sp³-hybridized carbons (Fsp3) is 0.750. The predicted octanol–water partition coefficient (Wildman–Crippen LogP) is 5.29. The van der Waals surface area contributed by atoms with E-state index in [2.05, 4.69) is 10.6 Å². The van der Waals surface area contributed by atoms with Crippen LogP contribution >= 0.6 is 0 Å². The molecule has 1 saturated heterocycles. The van der Waals surface area contributed by atoms with Crippen LogP contribution in [0.2, 0.25) is 0 Å². The molecule has 1 saturated carbocycles. The number of rotatable bonds is 13. The highest BCUT2D eigenvalue weighted by Gasteiger charge is 2.32. The minimum absolute atomic E-state index is 0.0140. The van der Waals surface area contributed by atoms with E-state index < -0.39 is 0 Å². The smallest absolute Gasteiger partial charge is 0.317 e. The summed E-state index contributed by atoms with van der Waals surface area (Å²) in [6.45, 7) is 6.03. The van der Waals surface area contributed by atoms with Crippen LogP contribution < -0.4 is 10.6 Å². The number of nitrogens with zero attached hydrogens (tertiary/aromatic N) is 1. The molecule has 0 bridgehead atoms. The molecule has 0 aromatic heterocycles. The van der Waals surface area contributed by atoms with Crippen molar-refractivity contribution in [3.8, 4) is 0 Å². The van der Waals surface area contributed by atoms with Gasteiger partial charge in [-0.1, -0.05) is 44.2 Å². The number of halogens is 1. The second-order valence-corrected chi connectivity index (χ2v) is 10.2. The van der Waals surface area contributed by atoms with Crippen molar-refractivity contribution in [2.45, 2.75) is 76.9 Å². The normalized spacial score (nSPS) is 21.0. The zero-order valence-electron chi connectivity index (χ0n) is 21.8. The second-order valence-electron chi connectivity index (χ2n) is 10.2. The predicted molar refractivity (Wildman–Crippen MR) is 138 cm³/mol. The maximum atomic E-state index is 14.0. The number of carbonyl (C=O) groups excluding carboxylic acids is 1. The molecular formula is C28H46FN3O3. The number of carbonyl (C=O) groups is 1. The van der Waals surface area contributed by atoms with Crippen molar-refractivity contribution < 1.29 is 18.7 Å². The van der Waals surface area contributed by atoms with E-state index in [0.717, 1.165) is 44.3 Å². The van der Waals surface area contributed by atoms with Gasteiger partial charge in [-0.3, -0.25) is 0 Å². The number of likely N-dealkylation sites (N-methyl/N-ethyl adjacent to an activating group) is 1. The lowest BCUT2D eigenvalue weighted by molar-refractivity contribution is -0.0186. The van der Waals surface area contributed by atoms with Crippen LogP contribution in [-0.2, 0) is 9.47 Å². The van der Waals surface area contributed by atoms with Gasteiger partial charge >= 0.3 is 6.03 Å². The Balaban J connectivity index is 1.61. The average molecular weight is 492 g/mol. The maximum absolute atomic E-state index is 14.0. The van der Waals surface area contributed by atoms with E-state index >= 15 is 0 Å². The van der Waals surface area contributed by atoms with Gasteiger partial charge in [0.15, 0.2) is 0 Å². The molecule has 1 aliphatic heterocycles.